The number of nitrogens with zero attached hydrogens (tertiary/aromatic N) is 1. The molecule has 1 saturated heterocycles. The van der Waals surface area contributed by atoms with Crippen LogP contribution < -0.4 is 16.0 Å². The molecule has 6 nitrogen and oxygen atoms in total. The van der Waals surface area contributed by atoms with Crippen molar-refractivity contribution in [2.24, 2.45) is 11.1 Å². The summed E-state index contributed by atoms with van der Waals surface area (Å²) in [6, 6.07) is 9.02. The molecule has 6 heteroatoms. The van der Waals surface area contributed by atoms with Crippen molar-refractivity contribution in [3.63, 3.8) is 0 Å². The van der Waals surface area contributed by atoms with Crippen LogP contribution in [0, 0.1) is 5.41 Å². The lowest BCUT2D eigenvalue weighted by molar-refractivity contribution is -0.171. The number of nitrogens with one attached hydrogen (secondary N) is 1. The molecule has 4 atom stereocenters. The van der Waals surface area contributed by atoms with Gasteiger partial charge in [0.15, 0.2) is 0 Å². The fourth-order valence-electron chi connectivity index (χ4n) is 4.13. The Morgan fingerprint density at radius 3 is 2.58 bits per heavy atom. The van der Waals surface area contributed by atoms with Crippen molar-refractivity contribution in [2.75, 3.05) is 11.5 Å². The predicted molar refractivity (Wildman–Crippen MR) is 101 cm³/mol. The van der Waals surface area contributed by atoms with E-state index in [0.29, 0.717) is 19.4 Å². The van der Waals surface area contributed by atoms with Gasteiger partial charge in [0.1, 0.15) is 11.6 Å². The fourth-order valence-corrected chi connectivity index (χ4v) is 4.13. The largest absolute Gasteiger partial charge is 0.378 e. The Labute approximate surface area is 155 Å². The van der Waals surface area contributed by atoms with Gasteiger partial charge >= 0.3 is 0 Å². The molecule has 1 aromatic rings. The minimum Gasteiger partial charge on any atom is -0.378 e. The third-order valence-electron chi connectivity index (χ3n) is 6.13. The maximum atomic E-state index is 12.9. The molecule has 1 saturated carbocycles. The van der Waals surface area contributed by atoms with Crippen LogP contribution in [-0.2, 0) is 14.3 Å². The average Bonchev–Trinajstić information content (AvgIpc) is 2.88. The molecule has 26 heavy (non-hydrogen) atoms. The predicted octanol–water partition coefficient (Wildman–Crippen LogP) is 1.83. The molecule has 1 aromatic carbocycles. The van der Waals surface area contributed by atoms with E-state index in [9.17, 15) is 9.59 Å². The van der Waals surface area contributed by atoms with Gasteiger partial charge < -0.3 is 20.7 Å². The number of amides is 2. The summed E-state index contributed by atoms with van der Waals surface area (Å²) in [6.07, 6.45) is 1.01. The number of anilines is 1. The Morgan fingerprint density at radius 1 is 1.35 bits per heavy atom. The zero-order valence-electron chi connectivity index (χ0n) is 16.0. The standard InChI is InChI=1S/C20H29N3O3/c1-5-26-16-12-20(21,19(16,3)4)18(25)22-15-11-13(2)23(17(15)24)14-9-7-6-8-10-14/h6-10,13,15-16H,5,11-12,21H2,1-4H3,(H,22,25). The number of carbonyl (C=O) groups is 2. The van der Waals surface area contributed by atoms with Crippen molar-refractivity contribution in [1.29, 1.82) is 0 Å². The Balaban J connectivity index is 1.70. The summed E-state index contributed by atoms with van der Waals surface area (Å²) in [7, 11) is 0. The molecule has 3 N–H and O–H groups in total. The molecule has 4 unspecified atom stereocenters. The first-order valence-corrected chi connectivity index (χ1v) is 9.32. The van der Waals surface area contributed by atoms with Gasteiger partial charge in [-0.15, -0.1) is 0 Å². The lowest BCUT2D eigenvalue weighted by Gasteiger charge is -2.57. The quantitative estimate of drug-likeness (QED) is 0.840. The van der Waals surface area contributed by atoms with E-state index in [2.05, 4.69) is 5.32 Å². The van der Waals surface area contributed by atoms with Crippen LogP contribution in [0.4, 0.5) is 5.69 Å². The molecule has 1 aliphatic heterocycles. The number of para-hydroxylation sites is 1. The van der Waals surface area contributed by atoms with Crippen LogP contribution in [0.5, 0.6) is 0 Å². The van der Waals surface area contributed by atoms with E-state index in [1.54, 1.807) is 4.90 Å². The molecule has 1 heterocycles. The number of hydrogen-bond acceptors (Lipinski definition) is 4. The van der Waals surface area contributed by atoms with Crippen LogP contribution >= 0.6 is 0 Å². The number of benzene rings is 1. The smallest absolute Gasteiger partial charge is 0.249 e. The average molecular weight is 359 g/mol. The van der Waals surface area contributed by atoms with Crippen molar-refractivity contribution in [1.82, 2.24) is 5.32 Å². The first-order chi connectivity index (χ1) is 12.2. The van der Waals surface area contributed by atoms with Gasteiger partial charge in [0, 0.05) is 30.2 Å². The van der Waals surface area contributed by atoms with Crippen LogP contribution in [-0.4, -0.2) is 42.1 Å². The van der Waals surface area contributed by atoms with Gasteiger partial charge in [0.25, 0.3) is 0 Å². The van der Waals surface area contributed by atoms with E-state index in [-0.39, 0.29) is 24.0 Å². The fraction of sp³-hybridized carbons (Fsp3) is 0.600. The maximum absolute atomic E-state index is 12.9. The minimum atomic E-state index is -1.02. The van der Waals surface area contributed by atoms with Gasteiger partial charge in [0.05, 0.1) is 6.10 Å². The Morgan fingerprint density at radius 2 is 2.00 bits per heavy atom. The monoisotopic (exact) mass is 359 g/mol. The molecule has 142 valence electrons. The second kappa shape index (κ2) is 6.67. The summed E-state index contributed by atoms with van der Waals surface area (Å²) in [5.41, 5.74) is 5.79. The summed E-state index contributed by atoms with van der Waals surface area (Å²) in [5, 5.41) is 2.91. The van der Waals surface area contributed by atoms with Gasteiger partial charge in [0.2, 0.25) is 11.8 Å². The summed E-state index contributed by atoms with van der Waals surface area (Å²) in [6.45, 7) is 8.42. The van der Waals surface area contributed by atoms with Crippen molar-refractivity contribution in [3.05, 3.63) is 30.3 Å². The number of ether oxygens (including phenoxy) is 1. The minimum absolute atomic E-state index is 0.0227. The van der Waals surface area contributed by atoms with Crippen LogP contribution in [0.2, 0.25) is 0 Å². The molecule has 2 amide bonds. The van der Waals surface area contributed by atoms with Crippen LogP contribution in [0.15, 0.2) is 30.3 Å². The molecule has 0 radical (unpaired) electrons. The first-order valence-electron chi connectivity index (χ1n) is 9.32. The molecule has 1 aliphatic carbocycles. The number of hydrogen-bond donors (Lipinski definition) is 2. The normalized spacial score (nSPS) is 33.0. The lowest BCUT2D eigenvalue weighted by Crippen LogP contribution is -2.76. The molecule has 3 rings (SSSR count). The molecular weight excluding hydrogens is 330 g/mol. The van der Waals surface area contributed by atoms with E-state index < -0.39 is 17.0 Å². The van der Waals surface area contributed by atoms with Crippen molar-refractivity contribution < 1.29 is 14.3 Å². The van der Waals surface area contributed by atoms with E-state index in [0.717, 1.165) is 5.69 Å². The Hall–Kier alpha value is -1.92. The molecule has 0 spiro atoms. The van der Waals surface area contributed by atoms with Gasteiger partial charge in [-0.25, -0.2) is 0 Å². The van der Waals surface area contributed by atoms with Crippen molar-refractivity contribution >= 4 is 17.5 Å². The van der Waals surface area contributed by atoms with E-state index >= 15 is 0 Å². The SMILES string of the molecule is CCOC1CC(N)(C(=O)NC2CC(C)N(c3ccccc3)C2=O)C1(C)C. The molecule has 0 aromatic heterocycles. The third kappa shape index (κ3) is 2.81. The maximum Gasteiger partial charge on any atom is 0.249 e. The summed E-state index contributed by atoms with van der Waals surface area (Å²) < 4.78 is 5.69. The van der Waals surface area contributed by atoms with Gasteiger partial charge in [-0.1, -0.05) is 32.0 Å². The highest BCUT2D eigenvalue weighted by molar-refractivity contribution is 6.03. The van der Waals surface area contributed by atoms with Gasteiger partial charge in [-0.2, -0.15) is 0 Å². The van der Waals surface area contributed by atoms with Crippen molar-refractivity contribution in [2.45, 2.75) is 64.3 Å². The topological polar surface area (TPSA) is 84.7 Å². The number of rotatable bonds is 5. The van der Waals surface area contributed by atoms with Crippen molar-refractivity contribution in [3.8, 4) is 0 Å². The summed E-state index contributed by atoms with van der Waals surface area (Å²) in [4.78, 5) is 27.5. The molecule has 2 aliphatic rings. The van der Waals surface area contributed by atoms with Crippen LogP contribution in [0.3, 0.4) is 0 Å². The second-order valence-electron chi connectivity index (χ2n) is 8.00. The van der Waals surface area contributed by atoms with E-state index in [1.807, 2.05) is 58.0 Å². The van der Waals surface area contributed by atoms with Gasteiger partial charge in [-0.05, 0) is 32.4 Å². The summed E-state index contributed by atoms with van der Waals surface area (Å²) in [5.74, 6) is -0.349. The highest BCUT2D eigenvalue weighted by atomic mass is 16.5. The Kier molecular flexibility index (Phi) is 4.84. The zero-order valence-corrected chi connectivity index (χ0v) is 16.0. The van der Waals surface area contributed by atoms with E-state index in [1.165, 1.54) is 0 Å². The highest BCUT2D eigenvalue weighted by Crippen LogP contribution is 2.50. The van der Waals surface area contributed by atoms with Crippen LogP contribution in [0.1, 0.15) is 40.5 Å². The number of nitrogens with two attached hydrogens (primary N) is 1. The Bertz CT molecular complexity index is 691. The molecule has 0 bridgehead atoms. The van der Waals surface area contributed by atoms with E-state index in [4.69, 9.17) is 10.5 Å². The zero-order chi connectivity index (χ0) is 19.1. The summed E-state index contributed by atoms with van der Waals surface area (Å²) >= 11 is 0. The van der Waals surface area contributed by atoms with Crippen LogP contribution in [0.25, 0.3) is 0 Å². The molecule has 2 fully saturated rings. The van der Waals surface area contributed by atoms with Gasteiger partial charge in [-0.3, -0.25) is 9.59 Å². The first kappa shape index (κ1) is 18.9. The lowest BCUT2D eigenvalue weighted by atomic mass is 9.54. The third-order valence-corrected chi connectivity index (χ3v) is 6.13. The highest BCUT2D eigenvalue weighted by Gasteiger charge is 2.63. The molecular formula is C20H29N3O3. The number of carbonyl (C=O) groups excluding carboxylic acids is 2. The second-order valence-corrected chi connectivity index (χ2v) is 8.00.